The monoisotopic (exact) mass is 314 g/mol. The van der Waals surface area contributed by atoms with Crippen molar-refractivity contribution in [2.75, 3.05) is 0 Å². The van der Waals surface area contributed by atoms with Gasteiger partial charge in [0.15, 0.2) is 0 Å². The van der Waals surface area contributed by atoms with Crippen LogP contribution < -0.4 is 0 Å². The van der Waals surface area contributed by atoms with Gasteiger partial charge in [-0.2, -0.15) is 5.10 Å². The number of hydrogen-bond donors (Lipinski definition) is 1. The first-order chi connectivity index (χ1) is 8.72. The molecule has 0 spiro atoms. The van der Waals surface area contributed by atoms with Gasteiger partial charge in [-0.1, -0.05) is 38.5 Å². The zero-order valence-corrected chi connectivity index (χ0v) is 12.7. The summed E-state index contributed by atoms with van der Waals surface area (Å²) in [6.07, 6.45) is 10.2. The van der Waals surface area contributed by atoms with Crippen LogP contribution in [0.3, 0.4) is 0 Å². The SMILES string of the molecule is CCn1ncc(Br)c1C(O)CC1CCCCCC1. The molecule has 0 radical (unpaired) electrons. The Labute approximate surface area is 118 Å². The van der Waals surface area contributed by atoms with Gasteiger partial charge in [0.2, 0.25) is 0 Å². The van der Waals surface area contributed by atoms with Gasteiger partial charge in [-0.25, -0.2) is 0 Å². The number of rotatable bonds is 4. The van der Waals surface area contributed by atoms with Crippen LogP contribution in [-0.4, -0.2) is 14.9 Å². The number of halogens is 1. The molecule has 1 saturated carbocycles. The molecule has 0 aliphatic heterocycles. The van der Waals surface area contributed by atoms with Crippen molar-refractivity contribution >= 4 is 15.9 Å². The molecule has 18 heavy (non-hydrogen) atoms. The van der Waals surface area contributed by atoms with Gasteiger partial charge in [-0.15, -0.1) is 0 Å². The van der Waals surface area contributed by atoms with Crippen LogP contribution in [-0.2, 0) is 6.54 Å². The summed E-state index contributed by atoms with van der Waals surface area (Å²) in [7, 11) is 0. The van der Waals surface area contributed by atoms with E-state index < -0.39 is 0 Å². The topological polar surface area (TPSA) is 38.0 Å². The highest BCUT2D eigenvalue weighted by atomic mass is 79.9. The average molecular weight is 315 g/mol. The van der Waals surface area contributed by atoms with Crippen LogP contribution in [0.25, 0.3) is 0 Å². The maximum atomic E-state index is 10.5. The molecule has 102 valence electrons. The van der Waals surface area contributed by atoms with Crippen molar-refractivity contribution in [2.24, 2.45) is 5.92 Å². The molecular weight excluding hydrogens is 292 g/mol. The Morgan fingerprint density at radius 2 is 2.06 bits per heavy atom. The molecule has 1 aliphatic carbocycles. The molecule has 0 aromatic carbocycles. The van der Waals surface area contributed by atoms with Gasteiger partial charge in [-0.05, 0) is 35.2 Å². The molecule has 1 fully saturated rings. The number of aliphatic hydroxyl groups excluding tert-OH is 1. The Morgan fingerprint density at radius 3 is 2.67 bits per heavy atom. The lowest BCUT2D eigenvalue weighted by molar-refractivity contribution is 0.129. The molecule has 4 heteroatoms. The van der Waals surface area contributed by atoms with Crippen molar-refractivity contribution in [1.82, 2.24) is 9.78 Å². The van der Waals surface area contributed by atoms with Crippen molar-refractivity contribution in [3.05, 3.63) is 16.4 Å². The largest absolute Gasteiger partial charge is 0.387 e. The van der Waals surface area contributed by atoms with E-state index in [4.69, 9.17) is 0 Å². The van der Waals surface area contributed by atoms with Gasteiger partial charge < -0.3 is 5.11 Å². The van der Waals surface area contributed by atoms with E-state index in [2.05, 4.69) is 28.0 Å². The zero-order valence-electron chi connectivity index (χ0n) is 11.1. The highest BCUT2D eigenvalue weighted by molar-refractivity contribution is 9.10. The lowest BCUT2D eigenvalue weighted by Crippen LogP contribution is -2.12. The normalized spacial score (nSPS) is 19.7. The van der Waals surface area contributed by atoms with E-state index in [0.29, 0.717) is 5.92 Å². The second-order valence-electron chi connectivity index (χ2n) is 5.30. The Kier molecular flexibility index (Phi) is 5.25. The van der Waals surface area contributed by atoms with E-state index in [9.17, 15) is 5.11 Å². The van der Waals surface area contributed by atoms with E-state index in [1.54, 1.807) is 6.20 Å². The summed E-state index contributed by atoms with van der Waals surface area (Å²) in [5.41, 5.74) is 0.946. The summed E-state index contributed by atoms with van der Waals surface area (Å²) in [6.45, 7) is 2.87. The predicted molar refractivity (Wildman–Crippen MR) is 76.4 cm³/mol. The van der Waals surface area contributed by atoms with Gasteiger partial charge in [0.25, 0.3) is 0 Å². The number of aromatic nitrogens is 2. The molecule has 1 aromatic rings. The second kappa shape index (κ2) is 6.71. The Bertz CT molecular complexity index is 370. The fraction of sp³-hybridized carbons (Fsp3) is 0.786. The van der Waals surface area contributed by atoms with Crippen molar-refractivity contribution in [3.63, 3.8) is 0 Å². The van der Waals surface area contributed by atoms with Crippen molar-refractivity contribution < 1.29 is 5.11 Å². The first kappa shape index (κ1) is 14.1. The molecule has 2 rings (SSSR count). The Hall–Kier alpha value is -0.350. The molecule has 1 aliphatic rings. The van der Waals surface area contributed by atoms with E-state index in [1.807, 2.05) is 4.68 Å². The van der Waals surface area contributed by atoms with Gasteiger partial charge >= 0.3 is 0 Å². The third kappa shape index (κ3) is 3.35. The van der Waals surface area contributed by atoms with E-state index in [-0.39, 0.29) is 6.10 Å². The molecule has 1 unspecified atom stereocenters. The molecule has 3 nitrogen and oxygen atoms in total. The predicted octanol–water partition coefficient (Wildman–Crippen LogP) is 4.06. The fourth-order valence-electron chi connectivity index (χ4n) is 2.98. The molecule has 1 N–H and O–H groups in total. The summed E-state index contributed by atoms with van der Waals surface area (Å²) in [6, 6.07) is 0. The van der Waals surface area contributed by atoms with Crippen LogP contribution in [0, 0.1) is 5.92 Å². The molecule has 1 heterocycles. The van der Waals surface area contributed by atoms with Crippen LogP contribution in [0.4, 0.5) is 0 Å². The summed E-state index contributed by atoms with van der Waals surface area (Å²) in [5.74, 6) is 0.676. The number of aryl methyl sites for hydroxylation is 1. The maximum absolute atomic E-state index is 10.5. The summed E-state index contributed by atoms with van der Waals surface area (Å²) in [4.78, 5) is 0. The molecule has 0 amide bonds. The van der Waals surface area contributed by atoms with Crippen LogP contribution in [0.1, 0.15) is 63.7 Å². The van der Waals surface area contributed by atoms with E-state index >= 15 is 0 Å². The van der Waals surface area contributed by atoms with Gasteiger partial charge in [0.05, 0.1) is 22.5 Å². The van der Waals surface area contributed by atoms with E-state index in [0.717, 1.165) is 23.1 Å². The summed E-state index contributed by atoms with van der Waals surface area (Å²) >= 11 is 3.50. The first-order valence-corrected chi connectivity index (χ1v) is 7.91. The highest BCUT2D eigenvalue weighted by Crippen LogP contribution is 2.33. The van der Waals surface area contributed by atoms with Crippen LogP contribution in [0.5, 0.6) is 0 Å². The van der Waals surface area contributed by atoms with Crippen LogP contribution >= 0.6 is 15.9 Å². The lowest BCUT2D eigenvalue weighted by atomic mass is 9.92. The van der Waals surface area contributed by atoms with Gasteiger partial charge in [0.1, 0.15) is 0 Å². The second-order valence-corrected chi connectivity index (χ2v) is 6.16. The van der Waals surface area contributed by atoms with Crippen molar-refractivity contribution in [1.29, 1.82) is 0 Å². The molecule has 1 atom stereocenters. The van der Waals surface area contributed by atoms with Crippen molar-refractivity contribution in [3.8, 4) is 0 Å². The zero-order chi connectivity index (χ0) is 13.0. The number of aliphatic hydroxyl groups is 1. The molecular formula is C14H23BrN2O. The third-order valence-corrected chi connectivity index (χ3v) is 4.59. The highest BCUT2D eigenvalue weighted by Gasteiger charge is 2.22. The Morgan fingerprint density at radius 1 is 1.39 bits per heavy atom. The minimum atomic E-state index is -0.384. The van der Waals surface area contributed by atoms with E-state index in [1.165, 1.54) is 38.5 Å². The standard InChI is InChI=1S/C14H23BrN2O/c1-2-17-14(12(15)10-16-17)13(18)9-11-7-5-3-4-6-8-11/h10-11,13,18H,2-9H2,1H3. The summed E-state index contributed by atoms with van der Waals surface area (Å²) < 4.78 is 2.83. The fourth-order valence-corrected chi connectivity index (χ4v) is 3.54. The maximum Gasteiger partial charge on any atom is 0.0970 e. The van der Waals surface area contributed by atoms with Crippen LogP contribution in [0.15, 0.2) is 10.7 Å². The Balaban J connectivity index is 2.01. The molecule has 0 bridgehead atoms. The summed E-state index contributed by atoms with van der Waals surface area (Å²) in [5, 5.41) is 14.7. The van der Waals surface area contributed by atoms with Crippen molar-refractivity contribution in [2.45, 2.75) is 64.5 Å². The van der Waals surface area contributed by atoms with Gasteiger partial charge in [-0.3, -0.25) is 4.68 Å². The number of hydrogen-bond acceptors (Lipinski definition) is 2. The minimum absolute atomic E-state index is 0.384. The lowest BCUT2D eigenvalue weighted by Gasteiger charge is -2.19. The minimum Gasteiger partial charge on any atom is -0.387 e. The smallest absolute Gasteiger partial charge is 0.0970 e. The molecule has 1 aromatic heterocycles. The quantitative estimate of drug-likeness (QED) is 0.851. The van der Waals surface area contributed by atoms with Crippen LogP contribution in [0.2, 0.25) is 0 Å². The first-order valence-electron chi connectivity index (χ1n) is 7.11. The number of nitrogens with zero attached hydrogens (tertiary/aromatic N) is 2. The van der Waals surface area contributed by atoms with Gasteiger partial charge in [0, 0.05) is 6.54 Å². The molecule has 0 saturated heterocycles. The average Bonchev–Trinajstić information content (AvgIpc) is 2.57. The third-order valence-electron chi connectivity index (χ3n) is 3.98.